The van der Waals surface area contributed by atoms with Gasteiger partial charge in [-0.3, -0.25) is 4.79 Å². The highest BCUT2D eigenvalue weighted by Gasteiger charge is 1.92. The van der Waals surface area contributed by atoms with Crippen molar-refractivity contribution in [3.8, 4) is 0 Å². The summed E-state index contributed by atoms with van der Waals surface area (Å²) in [7, 11) is 0. The van der Waals surface area contributed by atoms with Gasteiger partial charge in [0.15, 0.2) is 0 Å². The number of hydrogen-bond acceptors (Lipinski definition) is 3. The number of halogens is 1. The van der Waals surface area contributed by atoms with Crippen LogP contribution in [0.1, 0.15) is 6.92 Å². The van der Waals surface area contributed by atoms with Crippen LogP contribution in [0.15, 0.2) is 18.6 Å². The Hall–Kier alpha value is -1.16. The third-order valence-corrected chi connectivity index (χ3v) is 0.886. The van der Waals surface area contributed by atoms with Gasteiger partial charge in [-0.15, -0.1) is 12.4 Å². The van der Waals surface area contributed by atoms with Crippen molar-refractivity contribution in [1.82, 2.24) is 9.97 Å². The molecule has 0 spiro atoms. The van der Waals surface area contributed by atoms with E-state index in [2.05, 4.69) is 15.3 Å². The van der Waals surface area contributed by atoms with Gasteiger partial charge in [0.25, 0.3) is 0 Å². The summed E-state index contributed by atoms with van der Waals surface area (Å²) < 4.78 is 0. The smallest absolute Gasteiger partial charge is 0.222 e. The van der Waals surface area contributed by atoms with Gasteiger partial charge in [0.2, 0.25) is 5.91 Å². The van der Waals surface area contributed by atoms with E-state index >= 15 is 0 Å². The number of aromatic nitrogens is 2. The van der Waals surface area contributed by atoms with Crippen molar-refractivity contribution in [3.63, 3.8) is 0 Å². The van der Waals surface area contributed by atoms with E-state index in [-0.39, 0.29) is 18.3 Å². The molecule has 0 bridgehead atoms. The average molecular weight is 174 g/mol. The normalized spacial score (nSPS) is 8.09. The second-order valence-electron chi connectivity index (χ2n) is 1.78. The first-order chi connectivity index (χ1) is 4.79. The minimum absolute atomic E-state index is 0. The number of amides is 1. The molecule has 1 heterocycles. The first kappa shape index (κ1) is 9.84. The van der Waals surface area contributed by atoms with Crippen molar-refractivity contribution in [3.05, 3.63) is 18.6 Å². The van der Waals surface area contributed by atoms with Crippen LogP contribution in [0.3, 0.4) is 0 Å². The van der Waals surface area contributed by atoms with Crippen LogP contribution in [-0.2, 0) is 4.79 Å². The number of rotatable bonds is 1. The molecule has 0 fully saturated rings. The molecule has 0 aliphatic rings. The minimum atomic E-state index is -0.126. The highest BCUT2D eigenvalue weighted by molar-refractivity contribution is 5.87. The fourth-order valence-corrected chi connectivity index (χ4v) is 0.545. The van der Waals surface area contributed by atoms with Crippen LogP contribution in [0.4, 0.5) is 5.82 Å². The molecule has 1 aromatic heterocycles. The predicted molar refractivity (Wildman–Crippen MR) is 43.6 cm³/mol. The lowest BCUT2D eigenvalue weighted by Crippen LogP contribution is -2.06. The number of nitrogens with zero attached hydrogens (tertiary/aromatic N) is 2. The van der Waals surface area contributed by atoms with E-state index in [1.807, 2.05) is 0 Å². The quantitative estimate of drug-likeness (QED) is 0.685. The fraction of sp³-hybridized carbons (Fsp3) is 0.167. The molecule has 0 radical (unpaired) electrons. The number of carbonyl (C=O) groups is 1. The third kappa shape index (κ3) is 3.52. The molecule has 5 heteroatoms. The first-order valence-electron chi connectivity index (χ1n) is 2.82. The zero-order valence-corrected chi connectivity index (χ0v) is 6.76. The molecule has 0 aliphatic carbocycles. The van der Waals surface area contributed by atoms with Gasteiger partial charge in [-0.2, -0.15) is 0 Å². The Morgan fingerprint density at radius 3 is 2.82 bits per heavy atom. The topological polar surface area (TPSA) is 54.9 Å². The van der Waals surface area contributed by atoms with Gasteiger partial charge < -0.3 is 5.32 Å². The van der Waals surface area contributed by atoms with Gasteiger partial charge in [0.05, 0.1) is 0 Å². The van der Waals surface area contributed by atoms with Crippen LogP contribution in [0, 0.1) is 0 Å². The van der Waals surface area contributed by atoms with Crippen LogP contribution >= 0.6 is 12.4 Å². The summed E-state index contributed by atoms with van der Waals surface area (Å²) in [6.07, 6.45) is 2.95. The van der Waals surface area contributed by atoms with E-state index < -0.39 is 0 Å². The average Bonchev–Trinajstić information content (AvgIpc) is 1.88. The second kappa shape index (κ2) is 4.62. The monoisotopic (exact) mass is 173 g/mol. The van der Waals surface area contributed by atoms with Crippen molar-refractivity contribution in [2.45, 2.75) is 6.92 Å². The van der Waals surface area contributed by atoms with Crippen molar-refractivity contribution in [1.29, 1.82) is 0 Å². The maximum absolute atomic E-state index is 10.4. The standard InChI is InChI=1S/C6H7N3O.ClH/c1-5(10)9-6-2-3-7-4-8-6;/h2-4H,1H3,(H,7,8,9,10);1H. The molecule has 4 nitrogen and oxygen atoms in total. The van der Waals surface area contributed by atoms with Crippen molar-refractivity contribution in [2.75, 3.05) is 5.32 Å². The lowest BCUT2D eigenvalue weighted by Gasteiger charge is -1.96. The molecular formula is C6H8ClN3O. The molecule has 1 amide bonds. The summed E-state index contributed by atoms with van der Waals surface area (Å²) in [5.74, 6) is 0.404. The largest absolute Gasteiger partial charge is 0.311 e. The maximum atomic E-state index is 10.4. The minimum Gasteiger partial charge on any atom is -0.311 e. The van der Waals surface area contributed by atoms with Crippen molar-refractivity contribution >= 4 is 24.1 Å². The third-order valence-electron chi connectivity index (χ3n) is 0.886. The van der Waals surface area contributed by atoms with Crippen LogP contribution in [0.2, 0.25) is 0 Å². The Kier molecular flexibility index (Phi) is 4.14. The molecule has 1 rings (SSSR count). The predicted octanol–water partition coefficient (Wildman–Crippen LogP) is 0.857. The van der Waals surface area contributed by atoms with Gasteiger partial charge in [0.1, 0.15) is 12.1 Å². The number of nitrogens with one attached hydrogen (secondary N) is 1. The van der Waals surface area contributed by atoms with Crippen LogP contribution in [-0.4, -0.2) is 15.9 Å². The maximum Gasteiger partial charge on any atom is 0.222 e. The summed E-state index contributed by atoms with van der Waals surface area (Å²) in [5.41, 5.74) is 0. The van der Waals surface area contributed by atoms with E-state index in [4.69, 9.17) is 0 Å². The highest BCUT2D eigenvalue weighted by atomic mass is 35.5. The summed E-state index contributed by atoms with van der Waals surface area (Å²) in [4.78, 5) is 17.9. The van der Waals surface area contributed by atoms with Gasteiger partial charge >= 0.3 is 0 Å². The Morgan fingerprint density at radius 2 is 2.36 bits per heavy atom. The molecule has 1 aromatic rings. The van der Waals surface area contributed by atoms with E-state index in [9.17, 15) is 4.79 Å². The molecule has 1 N–H and O–H groups in total. The Balaban J connectivity index is 0.000001000. The molecule has 0 atom stereocenters. The van der Waals surface area contributed by atoms with Crippen LogP contribution in [0.25, 0.3) is 0 Å². The van der Waals surface area contributed by atoms with E-state index in [0.717, 1.165) is 0 Å². The molecule has 11 heavy (non-hydrogen) atoms. The molecule has 0 aliphatic heterocycles. The van der Waals surface area contributed by atoms with Gasteiger partial charge in [-0.1, -0.05) is 0 Å². The van der Waals surface area contributed by atoms with E-state index in [1.54, 1.807) is 12.3 Å². The summed E-state index contributed by atoms with van der Waals surface area (Å²) in [6.45, 7) is 1.43. The summed E-state index contributed by atoms with van der Waals surface area (Å²) in [5, 5.41) is 2.51. The van der Waals surface area contributed by atoms with Gasteiger partial charge in [-0.25, -0.2) is 9.97 Å². The zero-order chi connectivity index (χ0) is 7.40. The number of anilines is 1. The Labute approximate surface area is 70.5 Å². The number of hydrogen-bond donors (Lipinski definition) is 1. The van der Waals surface area contributed by atoms with Crippen molar-refractivity contribution in [2.24, 2.45) is 0 Å². The van der Waals surface area contributed by atoms with Gasteiger partial charge in [0, 0.05) is 13.1 Å². The van der Waals surface area contributed by atoms with Crippen LogP contribution in [0.5, 0.6) is 0 Å². The Morgan fingerprint density at radius 1 is 1.64 bits per heavy atom. The van der Waals surface area contributed by atoms with Gasteiger partial charge in [-0.05, 0) is 6.07 Å². The van der Waals surface area contributed by atoms with Crippen molar-refractivity contribution < 1.29 is 4.79 Å². The van der Waals surface area contributed by atoms with E-state index in [0.29, 0.717) is 5.82 Å². The summed E-state index contributed by atoms with van der Waals surface area (Å²) in [6, 6.07) is 1.63. The summed E-state index contributed by atoms with van der Waals surface area (Å²) >= 11 is 0. The zero-order valence-electron chi connectivity index (χ0n) is 5.94. The van der Waals surface area contributed by atoms with Crippen LogP contribution < -0.4 is 5.32 Å². The van der Waals surface area contributed by atoms with E-state index in [1.165, 1.54) is 13.3 Å². The molecule has 0 saturated carbocycles. The highest BCUT2D eigenvalue weighted by Crippen LogP contribution is 1.95. The lowest BCUT2D eigenvalue weighted by atomic mass is 10.5. The molecule has 0 aromatic carbocycles. The first-order valence-corrected chi connectivity index (χ1v) is 2.82. The molecule has 0 saturated heterocycles. The Bertz CT molecular complexity index is 227. The second-order valence-corrected chi connectivity index (χ2v) is 1.78. The molecule has 60 valence electrons. The molecular weight excluding hydrogens is 166 g/mol. The fourth-order valence-electron chi connectivity index (χ4n) is 0.545. The molecule has 0 unspecified atom stereocenters. The lowest BCUT2D eigenvalue weighted by molar-refractivity contribution is -0.114. The number of carbonyl (C=O) groups excluding carboxylic acids is 1. The SMILES string of the molecule is CC(=O)Nc1ccncn1.Cl.